The molecule has 0 aliphatic heterocycles. The zero-order valence-electron chi connectivity index (χ0n) is 7.93. The third-order valence-corrected chi connectivity index (χ3v) is 1.53. The van der Waals surface area contributed by atoms with Gasteiger partial charge in [-0.25, -0.2) is 0 Å². The van der Waals surface area contributed by atoms with Crippen LogP contribution < -0.4 is 5.32 Å². The van der Waals surface area contributed by atoms with Gasteiger partial charge in [0.2, 0.25) is 0 Å². The average molecular weight is 167 g/mol. The first-order valence-corrected chi connectivity index (χ1v) is 4.07. The molecular weight excluding hydrogens is 150 g/mol. The SMILES string of the molecule is C=C(CNC)CN(C)CCC#N. The molecule has 0 fully saturated rings. The fourth-order valence-electron chi connectivity index (χ4n) is 1.01. The maximum Gasteiger partial charge on any atom is 0.0635 e. The lowest BCUT2D eigenvalue weighted by atomic mass is 10.3. The van der Waals surface area contributed by atoms with E-state index in [0.29, 0.717) is 6.42 Å². The number of nitrogens with zero attached hydrogens (tertiary/aromatic N) is 2. The Labute approximate surface area is 74.7 Å². The molecule has 0 aromatic carbocycles. The molecule has 0 saturated carbocycles. The van der Waals surface area contributed by atoms with Gasteiger partial charge in [-0.1, -0.05) is 6.58 Å². The first kappa shape index (κ1) is 11.2. The lowest BCUT2D eigenvalue weighted by molar-refractivity contribution is 0.368. The Hall–Kier alpha value is -0.850. The summed E-state index contributed by atoms with van der Waals surface area (Å²) in [5, 5.41) is 11.4. The fraction of sp³-hybridized carbons (Fsp3) is 0.667. The fourth-order valence-corrected chi connectivity index (χ4v) is 1.01. The summed E-state index contributed by atoms with van der Waals surface area (Å²) in [6.07, 6.45) is 0.587. The minimum atomic E-state index is 0.587. The van der Waals surface area contributed by atoms with Gasteiger partial charge in [-0.15, -0.1) is 0 Å². The summed E-state index contributed by atoms with van der Waals surface area (Å²) in [5.74, 6) is 0. The maximum atomic E-state index is 8.34. The number of hydrogen-bond donors (Lipinski definition) is 1. The first-order valence-electron chi connectivity index (χ1n) is 4.07. The number of hydrogen-bond acceptors (Lipinski definition) is 3. The summed E-state index contributed by atoms with van der Waals surface area (Å²) in [6, 6.07) is 2.12. The van der Waals surface area contributed by atoms with E-state index >= 15 is 0 Å². The normalized spacial score (nSPS) is 9.83. The van der Waals surface area contributed by atoms with Gasteiger partial charge in [0.25, 0.3) is 0 Å². The molecule has 0 bridgehead atoms. The van der Waals surface area contributed by atoms with Crippen LogP contribution in [0.3, 0.4) is 0 Å². The van der Waals surface area contributed by atoms with Crippen LogP contribution in [0.1, 0.15) is 6.42 Å². The largest absolute Gasteiger partial charge is 0.316 e. The van der Waals surface area contributed by atoms with Crippen molar-refractivity contribution in [2.75, 3.05) is 33.7 Å². The molecule has 12 heavy (non-hydrogen) atoms. The van der Waals surface area contributed by atoms with E-state index < -0.39 is 0 Å². The predicted octanol–water partition coefficient (Wildman–Crippen LogP) is 0.607. The van der Waals surface area contributed by atoms with Crippen LogP contribution in [0, 0.1) is 11.3 Å². The van der Waals surface area contributed by atoms with Gasteiger partial charge < -0.3 is 10.2 Å². The van der Waals surface area contributed by atoms with Crippen LogP contribution in [0.25, 0.3) is 0 Å². The third-order valence-electron chi connectivity index (χ3n) is 1.53. The summed E-state index contributed by atoms with van der Waals surface area (Å²) in [5.41, 5.74) is 1.15. The van der Waals surface area contributed by atoms with Crippen molar-refractivity contribution in [3.8, 4) is 6.07 Å². The van der Waals surface area contributed by atoms with Gasteiger partial charge in [0.05, 0.1) is 6.07 Å². The highest BCUT2D eigenvalue weighted by atomic mass is 15.1. The Morgan fingerprint density at radius 3 is 2.83 bits per heavy atom. The molecule has 0 amide bonds. The Balaban J connectivity index is 3.48. The van der Waals surface area contributed by atoms with Crippen LogP contribution in [-0.2, 0) is 0 Å². The second-order valence-electron chi connectivity index (χ2n) is 2.93. The Bertz CT molecular complexity index is 169. The molecule has 0 heterocycles. The molecule has 0 saturated heterocycles. The summed E-state index contributed by atoms with van der Waals surface area (Å²) in [6.45, 7) is 6.43. The van der Waals surface area contributed by atoms with Crippen LogP contribution in [0.15, 0.2) is 12.2 Å². The highest BCUT2D eigenvalue weighted by Crippen LogP contribution is 1.93. The van der Waals surface area contributed by atoms with Gasteiger partial charge in [-0.2, -0.15) is 5.26 Å². The molecule has 0 radical (unpaired) electrons. The maximum absolute atomic E-state index is 8.34. The van der Waals surface area contributed by atoms with Crippen molar-refractivity contribution in [3.63, 3.8) is 0 Å². The molecule has 0 aliphatic carbocycles. The van der Waals surface area contributed by atoms with Crippen LogP contribution in [-0.4, -0.2) is 38.6 Å². The summed E-state index contributed by atoms with van der Waals surface area (Å²) in [7, 11) is 3.90. The standard InChI is InChI=1S/C9H17N3/c1-9(7-11-2)8-12(3)6-4-5-10/h11H,1,4,6-8H2,2-3H3. The molecule has 0 aromatic heterocycles. The van der Waals surface area contributed by atoms with E-state index in [2.05, 4.69) is 22.9 Å². The number of rotatable bonds is 6. The van der Waals surface area contributed by atoms with Gasteiger partial charge >= 0.3 is 0 Å². The topological polar surface area (TPSA) is 39.1 Å². The van der Waals surface area contributed by atoms with E-state index in [1.807, 2.05) is 14.1 Å². The van der Waals surface area contributed by atoms with E-state index in [1.165, 1.54) is 0 Å². The lowest BCUT2D eigenvalue weighted by Crippen LogP contribution is -2.25. The van der Waals surface area contributed by atoms with Gasteiger partial charge in [0, 0.05) is 26.1 Å². The highest BCUT2D eigenvalue weighted by Gasteiger charge is 1.99. The highest BCUT2D eigenvalue weighted by molar-refractivity contribution is 4.99. The molecule has 0 unspecified atom stereocenters. The molecular formula is C9H17N3. The molecule has 0 aromatic rings. The molecule has 0 rings (SSSR count). The van der Waals surface area contributed by atoms with Crippen molar-refractivity contribution < 1.29 is 0 Å². The van der Waals surface area contributed by atoms with Crippen molar-refractivity contribution in [1.82, 2.24) is 10.2 Å². The van der Waals surface area contributed by atoms with Crippen molar-refractivity contribution >= 4 is 0 Å². The average Bonchev–Trinajstić information content (AvgIpc) is 2.01. The van der Waals surface area contributed by atoms with Crippen molar-refractivity contribution in [2.24, 2.45) is 0 Å². The van der Waals surface area contributed by atoms with E-state index in [0.717, 1.165) is 25.2 Å². The Morgan fingerprint density at radius 1 is 1.67 bits per heavy atom. The van der Waals surface area contributed by atoms with Crippen LogP contribution in [0.5, 0.6) is 0 Å². The Morgan fingerprint density at radius 2 is 2.33 bits per heavy atom. The number of likely N-dealkylation sites (N-methyl/N-ethyl adjacent to an activating group) is 2. The van der Waals surface area contributed by atoms with E-state index in [9.17, 15) is 0 Å². The molecule has 0 spiro atoms. The van der Waals surface area contributed by atoms with Gasteiger partial charge in [-0.3, -0.25) is 0 Å². The monoisotopic (exact) mass is 167 g/mol. The molecule has 3 heteroatoms. The van der Waals surface area contributed by atoms with E-state index in [-0.39, 0.29) is 0 Å². The molecule has 1 N–H and O–H groups in total. The quantitative estimate of drug-likeness (QED) is 0.589. The zero-order chi connectivity index (χ0) is 9.40. The second-order valence-corrected chi connectivity index (χ2v) is 2.93. The van der Waals surface area contributed by atoms with Crippen LogP contribution in [0.4, 0.5) is 0 Å². The zero-order valence-corrected chi connectivity index (χ0v) is 7.93. The predicted molar refractivity (Wildman–Crippen MR) is 50.8 cm³/mol. The summed E-state index contributed by atoms with van der Waals surface area (Å²) in [4.78, 5) is 2.10. The molecule has 0 aliphatic rings. The molecule has 3 nitrogen and oxygen atoms in total. The summed E-state index contributed by atoms with van der Waals surface area (Å²) >= 11 is 0. The third kappa shape index (κ3) is 5.90. The van der Waals surface area contributed by atoms with Crippen molar-refractivity contribution in [3.05, 3.63) is 12.2 Å². The van der Waals surface area contributed by atoms with Crippen LogP contribution in [0.2, 0.25) is 0 Å². The second kappa shape index (κ2) is 6.84. The number of nitrogens with one attached hydrogen (secondary N) is 1. The molecule has 68 valence electrons. The molecule has 0 atom stereocenters. The Kier molecular flexibility index (Phi) is 6.35. The van der Waals surface area contributed by atoms with Crippen LogP contribution >= 0.6 is 0 Å². The minimum absolute atomic E-state index is 0.587. The lowest BCUT2D eigenvalue weighted by Gasteiger charge is -2.15. The first-order chi connectivity index (χ1) is 5.70. The van der Waals surface area contributed by atoms with Gasteiger partial charge in [0.1, 0.15) is 0 Å². The smallest absolute Gasteiger partial charge is 0.0635 e. The van der Waals surface area contributed by atoms with Crippen molar-refractivity contribution in [2.45, 2.75) is 6.42 Å². The summed E-state index contributed by atoms with van der Waals surface area (Å²) < 4.78 is 0. The van der Waals surface area contributed by atoms with E-state index in [1.54, 1.807) is 0 Å². The van der Waals surface area contributed by atoms with E-state index in [4.69, 9.17) is 5.26 Å². The minimum Gasteiger partial charge on any atom is -0.316 e. The number of nitriles is 1. The van der Waals surface area contributed by atoms with Crippen molar-refractivity contribution in [1.29, 1.82) is 5.26 Å². The van der Waals surface area contributed by atoms with Gasteiger partial charge in [-0.05, 0) is 19.7 Å². The van der Waals surface area contributed by atoms with Gasteiger partial charge in [0.15, 0.2) is 0 Å².